The number of nitriles is 1. The molecule has 0 aliphatic carbocycles. The largest absolute Gasteiger partial charge is 0.493 e. The van der Waals surface area contributed by atoms with Crippen LogP contribution in [0.3, 0.4) is 0 Å². The molecule has 3 rings (SSSR count). The molecule has 2 aromatic carbocycles. The molecule has 0 fully saturated rings. The van der Waals surface area contributed by atoms with Crippen molar-refractivity contribution in [2.75, 3.05) is 14.2 Å². The molecule has 1 heterocycles. The number of H-pyrrole nitrogens is 1. The van der Waals surface area contributed by atoms with Crippen molar-refractivity contribution in [3.8, 4) is 28.8 Å². The van der Waals surface area contributed by atoms with Gasteiger partial charge in [-0.3, -0.25) is 0 Å². The average Bonchev–Trinajstić information content (AvgIpc) is 2.91. The molecule has 0 unspecified atom stereocenters. The Labute approximate surface area is 122 Å². The number of rotatable bonds is 3. The molecule has 0 aliphatic heterocycles. The highest BCUT2D eigenvalue weighted by atomic mass is 16.5. The number of nitrogens with zero attached hydrogens (tertiary/aromatic N) is 1. The standard InChI is InChI=1S/C17H14N2O2/c1-20-15-8-12-13(10-18)17(11-6-4-3-5-7-11)19-14(12)9-16(15)21-2/h3-9,19H,1-2H3. The van der Waals surface area contributed by atoms with Crippen LogP contribution in [0.5, 0.6) is 11.5 Å². The molecule has 0 atom stereocenters. The SMILES string of the molecule is COc1cc2[nH]c(-c3ccccc3)c(C#N)c2cc1OC. The fourth-order valence-electron chi connectivity index (χ4n) is 2.46. The molecule has 0 aliphatic rings. The number of methoxy groups -OCH3 is 2. The van der Waals surface area contributed by atoms with Gasteiger partial charge in [-0.2, -0.15) is 5.26 Å². The topological polar surface area (TPSA) is 58.0 Å². The molecule has 4 nitrogen and oxygen atoms in total. The highest BCUT2D eigenvalue weighted by Gasteiger charge is 2.16. The second-order valence-electron chi connectivity index (χ2n) is 4.61. The monoisotopic (exact) mass is 278 g/mol. The van der Waals surface area contributed by atoms with Crippen LogP contribution in [0.2, 0.25) is 0 Å². The lowest BCUT2D eigenvalue weighted by molar-refractivity contribution is 0.356. The van der Waals surface area contributed by atoms with E-state index >= 15 is 0 Å². The zero-order valence-electron chi connectivity index (χ0n) is 11.8. The van der Waals surface area contributed by atoms with Gasteiger partial charge in [0.25, 0.3) is 0 Å². The van der Waals surface area contributed by atoms with Crippen LogP contribution in [-0.2, 0) is 0 Å². The van der Waals surface area contributed by atoms with E-state index in [0.717, 1.165) is 22.2 Å². The Bertz CT molecular complexity index is 829. The predicted molar refractivity (Wildman–Crippen MR) is 81.6 cm³/mol. The summed E-state index contributed by atoms with van der Waals surface area (Å²) in [4.78, 5) is 3.30. The Morgan fingerprint density at radius 2 is 1.67 bits per heavy atom. The van der Waals surface area contributed by atoms with Crippen molar-refractivity contribution in [3.63, 3.8) is 0 Å². The molecule has 0 saturated heterocycles. The number of aromatic amines is 1. The zero-order valence-corrected chi connectivity index (χ0v) is 11.8. The summed E-state index contributed by atoms with van der Waals surface area (Å²) in [6, 6.07) is 15.7. The lowest BCUT2D eigenvalue weighted by Gasteiger charge is -2.06. The molecule has 0 radical (unpaired) electrons. The Hall–Kier alpha value is -2.93. The number of hydrogen-bond acceptors (Lipinski definition) is 3. The zero-order chi connectivity index (χ0) is 14.8. The van der Waals surface area contributed by atoms with E-state index < -0.39 is 0 Å². The smallest absolute Gasteiger partial charge is 0.162 e. The molecule has 1 aromatic heterocycles. The van der Waals surface area contributed by atoms with Crippen molar-refractivity contribution in [2.45, 2.75) is 0 Å². The van der Waals surface area contributed by atoms with E-state index in [1.165, 1.54) is 0 Å². The number of hydrogen-bond donors (Lipinski definition) is 1. The summed E-state index contributed by atoms with van der Waals surface area (Å²) in [6.45, 7) is 0. The second kappa shape index (κ2) is 5.22. The number of aromatic nitrogens is 1. The van der Waals surface area contributed by atoms with Crippen LogP contribution in [0.25, 0.3) is 22.2 Å². The van der Waals surface area contributed by atoms with Crippen LogP contribution in [-0.4, -0.2) is 19.2 Å². The first-order valence-electron chi connectivity index (χ1n) is 6.51. The van der Waals surface area contributed by atoms with E-state index in [4.69, 9.17) is 9.47 Å². The maximum atomic E-state index is 9.51. The van der Waals surface area contributed by atoms with Crippen LogP contribution in [0.15, 0.2) is 42.5 Å². The minimum absolute atomic E-state index is 0.608. The van der Waals surface area contributed by atoms with E-state index in [1.807, 2.05) is 42.5 Å². The summed E-state index contributed by atoms with van der Waals surface area (Å²) in [5, 5.41) is 10.3. The first kappa shape index (κ1) is 13.1. The van der Waals surface area contributed by atoms with E-state index in [-0.39, 0.29) is 0 Å². The third-order valence-corrected chi connectivity index (χ3v) is 3.48. The second-order valence-corrected chi connectivity index (χ2v) is 4.61. The molecular formula is C17H14N2O2. The van der Waals surface area contributed by atoms with Crippen molar-refractivity contribution in [1.29, 1.82) is 5.26 Å². The van der Waals surface area contributed by atoms with Gasteiger partial charge in [-0.25, -0.2) is 0 Å². The van der Waals surface area contributed by atoms with E-state index in [9.17, 15) is 5.26 Å². The van der Waals surface area contributed by atoms with Crippen LogP contribution in [0.4, 0.5) is 0 Å². The summed E-state index contributed by atoms with van der Waals surface area (Å²) >= 11 is 0. The van der Waals surface area contributed by atoms with Crippen LogP contribution in [0, 0.1) is 11.3 Å². The molecule has 21 heavy (non-hydrogen) atoms. The molecule has 3 aromatic rings. The van der Waals surface area contributed by atoms with Crippen molar-refractivity contribution in [3.05, 3.63) is 48.0 Å². The first-order chi connectivity index (χ1) is 10.3. The fraction of sp³-hybridized carbons (Fsp3) is 0.118. The predicted octanol–water partition coefficient (Wildman–Crippen LogP) is 3.72. The number of benzene rings is 2. The van der Waals surface area contributed by atoms with Gasteiger partial charge in [-0.15, -0.1) is 0 Å². The molecule has 1 N–H and O–H groups in total. The van der Waals surface area contributed by atoms with Crippen LogP contribution < -0.4 is 9.47 Å². The molecule has 0 bridgehead atoms. The van der Waals surface area contributed by atoms with Gasteiger partial charge < -0.3 is 14.5 Å². The van der Waals surface area contributed by atoms with E-state index in [0.29, 0.717) is 17.1 Å². The summed E-state index contributed by atoms with van der Waals surface area (Å²) in [5.41, 5.74) is 3.24. The Morgan fingerprint density at radius 3 is 2.29 bits per heavy atom. The maximum Gasteiger partial charge on any atom is 0.162 e. The number of fused-ring (bicyclic) bond motifs is 1. The fourth-order valence-corrected chi connectivity index (χ4v) is 2.46. The third-order valence-electron chi connectivity index (χ3n) is 3.48. The van der Waals surface area contributed by atoms with Gasteiger partial charge in [0.2, 0.25) is 0 Å². The lowest BCUT2D eigenvalue weighted by atomic mass is 10.1. The highest BCUT2D eigenvalue weighted by molar-refractivity contribution is 5.95. The molecule has 0 spiro atoms. The van der Waals surface area contributed by atoms with Crippen molar-refractivity contribution in [2.24, 2.45) is 0 Å². The minimum atomic E-state index is 0.608. The van der Waals surface area contributed by atoms with E-state index in [1.54, 1.807) is 14.2 Å². The number of nitrogens with one attached hydrogen (secondary N) is 1. The average molecular weight is 278 g/mol. The summed E-state index contributed by atoms with van der Waals surface area (Å²) in [6.07, 6.45) is 0. The van der Waals surface area contributed by atoms with Crippen LogP contribution in [0.1, 0.15) is 5.56 Å². The Morgan fingerprint density at radius 1 is 1.00 bits per heavy atom. The molecular weight excluding hydrogens is 264 g/mol. The van der Waals surface area contributed by atoms with E-state index in [2.05, 4.69) is 11.1 Å². The van der Waals surface area contributed by atoms with Gasteiger partial charge in [0.15, 0.2) is 11.5 Å². The normalized spacial score (nSPS) is 10.3. The first-order valence-corrected chi connectivity index (χ1v) is 6.51. The lowest BCUT2D eigenvalue weighted by Crippen LogP contribution is -1.90. The summed E-state index contributed by atoms with van der Waals surface area (Å²) in [7, 11) is 3.18. The van der Waals surface area contributed by atoms with Gasteiger partial charge in [-0.05, 0) is 11.6 Å². The highest BCUT2D eigenvalue weighted by Crippen LogP contribution is 2.37. The summed E-state index contributed by atoms with van der Waals surface area (Å²) in [5.74, 6) is 1.25. The van der Waals surface area contributed by atoms with Crippen molar-refractivity contribution < 1.29 is 9.47 Å². The number of ether oxygens (including phenoxy) is 2. The third kappa shape index (κ3) is 2.09. The van der Waals surface area contributed by atoms with Gasteiger partial charge in [0.1, 0.15) is 6.07 Å². The van der Waals surface area contributed by atoms with Crippen LogP contribution >= 0.6 is 0 Å². The summed E-state index contributed by atoms with van der Waals surface area (Å²) < 4.78 is 10.6. The molecule has 4 heteroatoms. The van der Waals surface area contributed by atoms with Gasteiger partial charge in [0, 0.05) is 11.5 Å². The molecule has 0 saturated carbocycles. The van der Waals surface area contributed by atoms with Gasteiger partial charge >= 0.3 is 0 Å². The van der Waals surface area contributed by atoms with Crippen molar-refractivity contribution >= 4 is 10.9 Å². The Balaban J connectivity index is 2.31. The quantitative estimate of drug-likeness (QED) is 0.794. The molecule has 0 amide bonds. The van der Waals surface area contributed by atoms with Gasteiger partial charge in [0.05, 0.1) is 31.0 Å². The maximum absolute atomic E-state index is 9.51. The Kier molecular flexibility index (Phi) is 3.25. The van der Waals surface area contributed by atoms with Gasteiger partial charge in [-0.1, -0.05) is 30.3 Å². The molecule has 104 valence electrons. The van der Waals surface area contributed by atoms with Crippen molar-refractivity contribution in [1.82, 2.24) is 4.98 Å². The minimum Gasteiger partial charge on any atom is -0.493 e.